The number of esters is 1. The molecule has 1 heterocycles. The van der Waals surface area contributed by atoms with Gasteiger partial charge in [-0.1, -0.05) is 19.9 Å². The molecule has 0 saturated carbocycles. The first-order valence-electron chi connectivity index (χ1n) is 7.28. The molecule has 0 bridgehead atoms. The summed E-state index contributed by atoms with van der Waals surface area (Å²) in [4.78, 5) is 14.0. The molecule has 1 aromatic carbocycles. The molecule has 0 radical (unpaired) electrons. The first kappa shape index (κ1) is 14.7. The van der Waals surface area contributed by atoms with Gasteiger partial charge in [-0.2, -0.15) is 0 Å². The maximum Gasteiger partial charge on any atom is 0.340 e. The Bertz CT molecular complexity index is 495. The van der Waals surface area contributed by atoms with Gasteiger partial charge in [-0.05, 0) is 36.8 Å². The Morgan fingerprint density at radius 3 is 2.65 bits per heavy atom. The highest BCUT2D eigenvalue weighted by Crippen LogP contribution is 2.41. The second kappa shape index (κ2) is 5.73. The Morgan fingerprint density at radius 1 is 1.40 bits per heavy atom. The highest BCUT2D eigenvalue weighted by atomic mass is 16.5. The SMILES string of the molecule is CCC1(CC)CCN(c2cccc(C(=O)OC)c2N)C1. The topological polar surface area (TPSA) is 55.6 Å². The van der Waals surface area contributed by atoms with Crippen LogP contribution in [0, 0.1) is 5.41 Å². The number of anilines is 2. The summed E-state index contributed by atoms with van der Waals surface area (Å²) < 4.78 is 4.78. The molecule has 1 aromatic rings. The molecule has 0 aliphatic carbocycles. The molecular formula is C16H24N2O2. The van der Waals surface area contributed by atoms with E-state index in [0.717, 1.165) is 18.8 Å². The lowest BCUT2D eigenvalue weighted by Gasteiger charge is -2.28. The van der Waals surface area contributed by atoms with E-state index in [1.165, 1.54) is 26.4 Å². The number of nitrogen functional groups attached to an aromatic ring is 1. The van der Waals surface area contributed by atoms with Gasteiger partial charge in [0.25, 0.3) is 0 Å². The molecule has 0 atom stereocenters. The number of benzene rings is 1. The Morgan fingerprint density at radius 2 is 2.10 bits per heavy atom. The number of methoxy groups -OCH3 is 1. The van der Waals surface area contributed by atoms with Gasteiger partial charge in [0.1, 0.15) is 0 Å². The first-order valence-corrected chi connectivity index (χ1v) is 7.28. The van der Waals surface area contributed by atoms with Crippen molar-refractivity contribution < 1.29 is 9.53 Å². The summed E-state index contributed by atoms with van der Waals surface area (Å²) in [6.45, 7) is 6.51. The average Bonchev–Trinajstić information content (AvgIpc) is 2.91. The molecule has 2 rings (SSSR count). The molecular weight excluding hydrogens is 252 g/mol. The maximum atomic E-state index is 11.7. The van der Waals surface area contributed by atoms with Gasteiger partial charge in [0, 0.05) is 13.1 Å². The lowest BCUT2D eigenvalue weighted by molar-refractivity contribution is 0.0602. The minimum atomic E-state index is -0.374. The van der Waals surface area contributed by atoms with Crippen LogP contribution in [0.1, 0.15) is 43.5 Å². The zero-order valence-corrected chi connectivity index (χ0v) is 12.6. The van der Waals surface area contributed by atoms with Crippen molar-refractivity contribution in [2.24, 2.45) is 5.41 Å². The van der Waals surface area contributed by atoms with Crippen LogP contribution < -0.4 is 10.6 Å². The zero-order valence-electron chi connectivity index (χ0n) is 12.6. The summed E-state index contributed by atoms with van der Waals surface area (Å²) in [5.74, 6) is -0.374. The van der Waals surface area contributed by atoms with E-state index in [1.54, 1.807) is 6.07 Å². The van der Waals surface area contributed by atoms with Crippen LogP contribution >= 0.6 is 0 Å². The van der Waals surface area contributed by atoms with Gasteiger partial charge in [-0.3, -0.25) is 0 Å². The second-order valence-corrected chi connectivity index (χ2v) is 5.61. The maximum absolute atomic E-state index is 11.7. The van der Waals surface area contributed by atoms with Crippen LogP contribution in [-0.4, -0.2) is 26.2 Å². The number of hydrogen-bond donors (Lipinski definition) is 1. The van der Waals surface area contributed by atoms with Crippen LogP contribution in [0.3, 0.4) is 0 Å². The summed E-state index contributed by atoms with van der Waals surface area (Å²) in [6.07, 6.45) is 3.54. The molecule has 110 valence electrons. The van der Waals surface area contributed by atoms with E-state index in [2.05, 4.69) is 18.7 Å². The lowest BCUT2D eigenvalue weighted by Crippen LogP contribution is -2.27. The lowest BCUT2D eigenvalue weighted by atomic mass is 9.82. The van der Waals surface area contributed by atoms with Crippen LogP contribution in [0.15, 0.2) is 18.2 Å². The molecule has 0 unspecified atom stereocenters. The third kappa shape index (κ3) is 2.47. The molecule has 4 heteroatoms. The van der Waals surface area contributed by atoms with Gasteiger partial charge in [0.2, 0.25) is 0 Å². The summed E-state index contributed by atoms with van der Waals surface area (Å²) in [6, 6.07) is 5.58. The summed E-state index contributed by atoms with van der Waals surface area (Å²) in [7, 11) is 1.38. The van der Waals surface area contributed by atoms with Gasteiger partial charge in [-0.15, -0.1) is 0 Å². The van der Waals surface area contributed by atoms with Crippen molar-refractivity contribution in [2.45, 2.75) is 33.1 Å². The molecule has 1 saturated heterocycles. The summed E-state index contributed by atoms with van der Waals surface area (Å²) >= 11 is 0. The number of hydrogen-bond acceptors (Lipinski definition) is 4. The van der Waals surface area contributed by atoms with E-state index in [9.17, 15) is 4.79 Å². The van der Waals surface area contributed by atoms with E-state index in [0.29, 0.717) is 16.7 Å². The third-order valence-electron chi connectivity index (χ3n) is 4.77. The standard InChI is InChI=1S/C16H24N2O2/c1-4-16(5-2)9-10-18(11-16)13-8-6-7-12(14(13)17)15(19)20-3/h6-8H,4-5,9-11,17H2,1-3H3. The fourth-order valence-corrected chi connectivity index (χ4v) is 3.08. The molecule has 1 aliphatic rings. The number of nitrogens with zero attached hydrogens (tertiary/aromatic N) is 1. The van der Waals surface area contributed by atoms with E-state index in [1.807, 2.05) is 12.1 Å². The van der Waals surface area contributed by atoms with Crippen molar-refractivity contribution in [1.29, 1.82) is 0 Å². The minimum absolute atomic E-state index is 0.374. The fourth-order valence-electron chi connectivity index (χ4n) is 3.08. The summed E-state index contributed by atoms with van der Waals surface area (Å²) in [5.41, 5.74) is 8.49. The van der Waals surface area contributed by atoms with E-state index < -0.39 is 0 Å². The minimum Gasteiger partial charge on any atom is -0.465 e. The Kier molecular flexibility index (Phi) is 4.21. The van der Waals surface area contributed by atoms with Crippen LogP contribution in [0.4, 0.5) is 11.4 Å². The Balaban J connectivity index is 2.29. The van der Waals surface area contributed by atoms with Gasteiger partial charge in [0.05, 0.1) is 24.0 Å². The van der Waals surface area contributed by atoms with E-state index >= 15 is 0 Å². The number of nitrogens with two attached hydrogens (primary N) is 1. The largest absolute Gasteiger partial charge is 0.465 e. The molecule has 0 amide bonds. The summed E-state index contributed by atoms with van der Waals surface area (Å²) in [5, 5.41) is 0. The zero-order chi connectivity index (χ0) is 14.8. The quantitative estimate of drug-likeness (QED) is 0.678. The van der Waals surface area contributed by atoms with Crippen molar-refractivity contribution in [3.8, 4) is 0 Å². The van der Waals surface area contributed by atoms with Gasteiger partial charge in [-0.25, -0.2) is 4.79 Å². The van der Waals surface area contributed by atoms with E-state index in [-0.39, 0.29) is 5.97 Å². The van der Waals surface area contributed by atoms with Crippen LogP contribution in [0.2, 0.25) is 0 Å². The van der Waals surface area contributed by atoms with Crippen LogP contribution in [0.25, 0.3) is 0 Å². The number of carbonyl (C=O) groups is 1. The van der Waals surface area contributed by atoms with Crippen molar-refractivity contribution in [3.63, 3.8) is 0 Å². The second-order valence-electron chi connectivity index (χ2n) is 5.61. The predicted molar refractivity (Wildman–Crippen MR) is 82.0 cm³/mol. The molecule has 0 aromatic heterocycles. The molecule has 20 heavy (non-hydrogen) atoms. The van der Waals surface area contributed by atoms with Gasteiger partial charge in [0.15, 0.2) is 0 Å². The molecule has 0 spiro atoms. The molecule has 2 N–H and O–H groups in total. The monoisotopic (exact) mass is 276 g/mol. The number of ether oxygens (including phenoxy) is 1. The third-order valence-corrected chi connectivity index (χ3v) is 4.77. The van der Waals surface area contributed by atoms with Crippen LogP contribution in [-0.2, 0) is 4.74 Å². The number of rotatable bonds is 4. The highest BCUT2D eigenvalue weighted by molar-refractivity contribution is 5.98. The first-order chi connectivity index (χ1) is 9.56. The van der Waals surface area contributed by atoms with Crippen molar-refractivity contribution in [2.75, 3.05) is 30.8 Å². The van der Waals surface area contributed by atoms with Gasteiger partial charge < -0.3 is 15.4 Å². The Labute approximate surface area is 120 Å². The van der Waals surface area contributed by atoms with Crippen LogP contribution in [0.5, 0.6) is 0 Å². The number of para-hydroxylation sites is 1. The predicted octanol–water partition coefficient (Wildman–Crippen LogP) is 3.07. The van der Waals surface area contributed by atoms with E-state index in [4.69, 9.17) is 10.5 Å². The fraction of sp³-hybridized carbons (Fsp3) is 0.562. The van der Waals surface area contributed by atoms with Gasteiger partial charge >= 0.3 is 5.97 Å². The van der Waals surface area contributed by atoms with Crippen molar-refractivity contribution in [1.82, 2.24) is 0 Å². The molecule has 1 aliphatic heterocycles. The van der Waals surface area contributed by atoms with Crippen molar-refractivity contribution >= 4 is 17.3 Å². The average molecular weight is 276 g/mol. The highest BCUT2D eigenvalue weighted by Gasteiger charge is 2.35. The normalized spacial score (nSPS) is 17.2. The molecule has 1 fully saturated rings. The Hall–Kier alpha value is -1.71. The molecule has 4 nitrogen and oxygen atoms in total. The van der Waals surface area contributed by atoms with Crippen molar-refractivity contribution in [3.05, 3.63) is 23.8 Å². The number of carbonyl (C=O) groups excluding carboxylic acids is 1. The smallest absolute Gasteiger partial charge is 0.340 e.